The Hall–Kier alpha value is -1.88. The van der Waals surface area contributed by atoms with Gasteiger partial charge in [-0.2, -0.15) is 0 Å². The lowest BCUT2D eigenvalue weighted by molar-refractivity contribution is -0.174. The van der Waals surface area contributed by atoms with E-state index >= 15 is 0 Å². The van der Waals surface area contributed by atoms with Crippen molar-refractivity contribution in [3.05, 3.63) is 35.4 Å². The monoisotopic (exact) mass is 416 g/mol. The molecular formula is C25H36O5. The maximum atomic E-state index is 13.1. The molecule has 1 aromatic rings. The van der Waals surface area contributed by atoms with Crippen molar-refractivity contribution < 1.29 is 23.8 Å². The molecule has 1 unspecified atom stereocenters. The second-order valence-corrected chi connectivity index (χ2v) is 8.62. The van der Waals surface area contributed by atoms with Gasteiger partial charge in [0.25, 0.3) is 0 Å². The first-order valence-corrected chi connectivity index (χ1v) is 11.6. The van der Waals surface area contributed by atoms with Crippen molar-refractivity contribution in [3.8, 4) is 0 Å². The molecule has 5 heteroatoms. The van der Waals surface area contributed by atoms with E-state index in [1.807, 2.05) is 0 Å². The summed E-state index contributed by atoms with van der Waals surface area (Å²) in [5.41, 5.74) is 0.942. The lowest BCUT2D eigenvalue weighted by Gasteiger charge is -2.31. The van der Waals surface area contributed by atoms with Crippen LogP contribution in [0.5, 0.6) is 0 Å². The molecule has 1 atom stereocenters. The van der Waals surface area contributed by atoms with E-state index in [0.29, 0.717) is 18.9 Å². The van der Waals surface area contributed by atoms with E-state index in [2.05, 4.69) is 24.3 Å². The number of esters is 2. The van der Waals surface area contributed by atoms with E-state index in [9.17, 15) is 9.59 Å². The number of hydrogen-bond acceptors (Lipinski definition) is 5. The Morgan fingerprint density at radius 3 is 2.10 bits per heavy atom. The van der Waals surface area contributed by atoms with Crippen LogP contribution in [0.15, 0.2) is 24.3 Å². The van der Waals surface area contributed by atoms with Gasteiger partial charge < -0.3 is 14.2 Å². The largest absolute Gasteiger partial charge is 0.465 e. The van der Waals surface area contributed by atoms with Crippen molar-refractivity contribution in [1.29, 1.82) is 0 Å². The molecule has 0 aromatic heterocycles. The predicted octanol–water partition coefficient (Wildman–Crippen LogP) is 4.96. The van der Waals surface area contributed by atoms with Crippen LogP contribution in [0.2, 0.25) is 0 Å². The summed E-state index contributed by atoms with van der Waals surface area (Å²) in [5, 5.41) is 0. The SMILES string of the molecule is CCOC(=O)C(Cc1ccc(C2CCCCC2)cc1)(CC1CCCO1)C(=O)OCC. The van der Waals surface area contributed by atoms with E-state index in [-0.39, 0.29) is 25.7 Å². The van der Waals surface area contributed by atoms with Crippen LogP contribution >= 0.6 is 0 Å². The Morgan fingerprint density at radius 1 is 0.933 bits per heavy atom. The summed E-state index contributed by atoms with van der Waals surface area (Å²) < 4.78 is 16.5. The molecule has 0 N–H and O–H groups in total. The number of benzene rings is 1. The van der Waals surface area contributed by atoms with Crippen molar-refractivity contribution >= 4 is 11.9 Å². The topological polar surface area (TPSA) is 61.8 Å². The summed E-state index contributed by atoms with van der Waals surface area (Å²) in [5.74, 6) is -0.384. The summed E-state index contributed by atoms with van der Waals surface area (Å²) in [6, 6.07) is 8.45. The molecule has 1 saturated heterocycles. The Balaban J connectivity index is 1.85. The summed E-state index contributed by atoms with van der Waals surface area (Å²) in [6.45, 7) is 4.65. The maximum Gasteiger partial charge on any atom is 0.323 e. The van der Waals surface area contributed by atoms with Gasteiger partial charge in [0.1, 0.15) is 0 Å². The minimum atomic E-state index is -1.37. The molecule has 1 heterocycles. The number of rotatable bonds is 9. The molecule has 1 aromatic carbocycles. The molecule has 3 rings (SSSR count). The van der Waals surface area contributed by atoms with Gasteiger partial charge in [-0.15, -0.1) is 0 Å². The fourth-order valence-corrected chi connectivity index (χ4v) is 4.89. The number of hydrogen-bond donors (Lipinski definition) is 0. The second-order valence-electron chi connectivity index (χ2n) is 8.62. The zero-order chi connectivity index (χ0) is 21.4. The van der Waals surface area contributed by atoms with Gasteiger partial charge in [-0.3, -0.25) is 9.59 Å². The van der Waals surface area contributed by atoms with Gasteiger partial charge in [-0.1, -0.05) is 43.5 Å². The Kier molecular flexibility index (Phi) is 8.32. The summed E-state index contributed by atoms with van der Waals surface area (Å²) in [7, 11) is 0. The smallest absolute Gasteiger partial charge is 0.323 e. The highest BCUT2D eigenvalue weighted by Gasteiger charge is 2.51. The van der Waals surface area contributed by atoms with E-state index < -0.39 is 17.4 Å². The fourth-order valence-electron chi connectivity index (χ4n) is 4.89. The normalized spacial score (nSPS) is 20.1. The van der Waals surface area contributed by atoms with Crippen LogP contribution in [-0.2, 0) is 30.2 Å². The van der Waals surface area contributed by atoms with Crippen LogP contribution in [0, 0.1) is 5.41 Å². The van der Waals surface area contributed by atoms with Crippen molar-refractivity contribution in [2.24, 2.45) is 5.41 Å². The lowest BCUT2D eigenvalue weighted by atomic mass is 9.76. The molecule has 166 valence electrons. The molecule has 2 fully saturated rings. The summed E-state index contributed by atoms with van der Waals surface area (Å²) >= 11 is 0. The standard InChI is InChI=1S/C25H36O5/c1-3-28-23(26)25(24(27)29-4-2,18-22-11-8-16-30-22)17-19-12-14-21(15-13-19)20-9-6-5-7-10-20/h12-15,20,22H,3-11,16-18H2,1-2H3. The summed E-state index contributed by atoms with van der Waals surface area (Å²) in [6.07, 6.45) is 8.65. The second kappa shape index (κ2) is 10.9. The van der Waals surface area contributed by atoms with Gasteiger partial charge in [0.05, 0.1) is 19.3 Å². The molecule has 30 heavy (non-hydrogen) atoms. The number of ether oxygens (including phenoxy) is 3. The van der Waals surface area contributed by atoms with Gasteiger partial charge in [0, 0.05) is 13.0 Å². The molecule has 0 amide bonds. The average molecular weight is 417 g/mol. The molecule has 0 spiro atoms. The predicted molar refractivity (Wildman–Crippen MR) is 115 cm³/mol. The van der Waals surface area contributed by atoms with Crippen molar-refractivity contribution in [3.63, 3.8) is 0 Å². The van der Waals surface area contributed by atoms with Crippen LogP contribution in [0.3, 0.4) is 0 Å². The van der Waals surface area contributed by atoms with Gasteiger partial charge in [-0.05, 0) is 63.0 Å². The first-order chi connectivity index (χ1) is 14.6. The highest BCUT2D eigenvalue weighted by atomic mass is 16.6. The van der Waals surface area contributed by atoms with Gasteiger partial charge in [0.2, 0.25) is 0 Å². The highest BCUT2D eigenvalue weighted by Crippen LogP contribution is 2.37. The average Bonchev–Trinajstić information content (AvgIpc) is 3.27. The Labute approximate surface area is 180 Å². The molecule has 0 radical (unpaired) electrons. The third kappa shape index (κ3) is 5.42. The third-order valence-corrected chi connectivity index (χ3v) is 6.49. The van der Waals surface area contributed by atoms with Gasteiger partial charge in [-0.25, -0.2) is 0 Å². The minimum absolute atomic E-state index is 0.125. The van der Waals surface area contributed by atoms with E-state index in [1.54, 1.807) is 13.8 Å². The fraction of sp³-hybridized carbons (Fsp3) is 0.680. The molecule has 1 saturated carbocycles. The van der Waals surface area contributed by atoms with Crippen molar-refractivity contribution in [1.82, 2.24) is 0 Å². The quantitative estimate of drug-likeness (QED) is 0.421. The first-order valence-electron chi connectivity index (χ1n) is 11.6. The van der Waals surface area contributed by atoms with E-state index in [0.717, 1.165) is 18.4 Å². The molecule has 2 aliphatic rings. The third-order valence-electron chi connectivity index (χ3n) is 6.49. The van der Waals surface area contributed by atoms with Crippen LogP contribution in [0.1, 0.15) is 82.3 Å². The number of carbonyl (C=O) groups excluding carboxylic acids is 2. The first kappa shape index (κ1) is 22.8. The van der Waals surface area contributed by atoms with Crippen LogP contribution in [0.4, 0.5) is 0 Å². The summed E-state index contributed by atoms with van der Waals surface area (Å²) in [4.78, 5) is 26.2. The van der Waals surface area contributed by atoms with Gasteiger partial charge in [0.15, 0.2) is 5.41 Å². The Morgan fingerprint density at radius 2 is 1.57 bits per heavy atom. The molecular weight excluding hydrogens is 380 g/mol. The molecule has 1 aliphatic heterocycles. The Bertz CT molecular complexity index is 666. The molecule has 0 bridgehead atoms. The zero-order valence-corrected chi connectivity index (χ0v) is 18.5. The van der Waals surface area contributed by atoms with E-state index in [1.165, 1.54) is 37.7 Å². The van der Waals surface area contributed by atoms with Gasteiger partial charge >= 0.3 is 11.9 Å². The lowest BCUT2D eigenvalue weighted by Crippen LogP contribution is -2.46. The van der Waals surface area contributed by atoms with Crippen molar-refractivity contribution in [2.45, 2.75) is 83.7 Å². The van der Waals surface area contributed by atoms with Crippen LogP contribution < -0.4 is 0 Å². The maximum absolute atomic E-state index is 13.1. The highest BCUT2D eigenvalue weighted by molar-refractivity contribution is 6.00. The number of carbonyl (C=O) groups is 2. The van der Waals surface area contributed by atoms with Crippen LogP contribution in [0.25, 0.3) is 0 Å². The zero-order valence-electron chi connectivity index (χ0n) is 18.5. The molecule has 5 nitrogen and oxygen atoms in total. The van der Waals surface area contributed by atoms with Crippen LogP contribution in [-0.4, -0.2) is 37.9 Å². The minimum Gasteiger partial charge on any atom is -0.465 e. The molecule has 1 aliphatic carbocycles. The van der Waals surface area contributed by atoms with Crippen molar-refractivity contribution in [2.75, 3.05) is 19.8 Å². The van der Waals surface area contributed by atoms with E-state index in [4.69, 9.17) is 14.2 Å².